The van der Waals surface area contributed by atoms with Crippen LogP contribution in [-0.4, -0.2) is 38.4 Å². The molecule has 0 aliphatic carbocycles. The number of likely N-dealkylation sites (tertiary alicyclic amines) is 1. The Hall–Kier alpha value is -1.35. The lowest BCUT2D eigenvalue weighted by Gasteiger charge is -2.30. The van der Waals surface area contributed by atoms with E-state index in [1.807, 2.05) is 0 Å². The van der Waals surface area contributed by atoms with Crippen molar-refractivity contribution in [2.24, 2.45) is 5.92 Å². The molecule has 2 rings (SSSR count). The molecular weight excluding hydrogens is 224 g/mol. The van der Waals surface area contributed by atoms with Gasteiger partial charge in [0.1, 0.15) is 6.29 Å². The Balaban J connectivity index is 2.00. The quantitative estimate of drug-likeness (QED) is 0.761. The molecule has 0 saturated carbocycles. The third-order valence-corrected chi connectivity index (χ3v) is 3.69. The minimum absolute atomic E-state index is 0.283. The fourth-order valence-electron chi connectivity index (χ4n) is 2.57. The maximum absolute atomic E-state index is 10.7. The van der Waals surface area contributed by atoms with E-state index in [2.05, 4.69) is 48.2 Å². The van der Waals surface area contributed by atoms with Crippen molar-refractivity contribution >= 4 is 12.0 Å². The zero-order chi connectivity index (χ0) is 13.0. The zero-order valence-electron chi connectivity index (χ0n) is 11.3. The van der Waals surface area contributed by atoms with Crippen molar-refractivity contribution in [2.45, 2.75) is 19.4 Å². The van der Waals surface area contributed by atoms with E-state index in [0.717, 1.165) is 38.8 Å². The van der Waals surface area contributed by atoms with Crippen molar-refractivity contribution in [3.63, 3.8) is 0 Å². The van der Waals surface area contributed by atoms with E-state index in [4.69, 9.17) is 0 Å². The first-order valence-electron chi connectivity index (χ1n) is 6.63. The largest absolute Gasteiger partial charge is 0.377 e. The third kappa shape index (κ3) is 3.10. The first-order chi connectivity index (χ1) is 8.70. The number of aldehydes is 1. The van der Waals surface area contributed by atoms with Crippen LogP contribution in [0.1, 0.15) is 18.4 Å². The van der Waals surface area contributed by atoms with Crippen LogP contribution in [0, 0.1) is 5.92 Å². The van der Waals surface area contributed by atoms with E-state index >= 15 is 0 Å². The summed E-state index contributed by atoms with van der Waals surface area (Å²) in [5.74, 6) is 0.283. The van der Waals surface area contributed by atoms with Gasteiger partial charge in [0.05, 0.1) is 0 Å². The smallest absolute Gasteiger partial charge is 0.123 e. The first-order valence-corrected chi connectivity index (χ1v) is 6.63. The number of benzene rings is 1. The molecule has 0 aromatic heterocycles. The predicted molar refractivity (Wildman–Crippen MR) is 74.8 cm³/mol. The molecule has 0 atom stereocenters. The number of carbonyl (C=O) groups excluding carboxylic acids is 1. The number of hydrogen-bond donors (Lipinski definition) is 0. The van der Waals surface area contributed by atoms with Crippen LogP contribution in [0.3, 0.4) is 0 Å². The average Bonchev–Trinajstić information content (AvgIpc) is 2.40. The van der Waals surface area contributed by atoms with Crippen LogP contribution >= 0.6 is 0 Å². The first kappa shape index (κ1) is 13.1. The monoisotopic (exact) mass is 246 g/mol. The molecular formula is C15H22N2O. The highest BCUT2D eigenvalue weighted by atomic mass is 16.1. The summed E-state index contributed by atoms with van der Waals surface area (Å²) in [6.45, 7) is 3.05. The Morgan fingerprint density at radius 2 is 1.94 bits per heavy atom. The topological polar surface area (TPSA) is 23.6 Å². The zero-order valence-corrected chi connectivity index (χ0v) is 11.3. The molecule has 3 heteroatoms. The fourth-order valence-corrected chi connectivity index (χ4v) is 2.57. The molecule has 1 aromatic rings. The van der Waals surface area contributed by atoms with E-state index in [9.17, 15) is 4.79 Å². The standard InChI is InChI=1S/C15H22N2O/c1-16(2)15-6-4-3-5-14(15)11-17-9-7-13(12-18)8-10-17/h3-6,12-13H,7-11H2,1-2H3. The summed E-state index contributed by atoms with van der Waals surface area (Å²) >= 11 is 0. The van der Waals surface area contributed by atoms with Gasteiger partial charge in [0.15, 0.2) is 0 Å². The van der Waals surface area contributed by atoms with Gasteiger partial charge in [0, 0.05) is 32.2 Å². The van der Waals surface area contributed by atoms with Crippen LogP contribution in [0.15, 0.2) is 24.3 Å². The minimum atomic E-state index is 0.283. The fraction of sp³-hybridized carbons (Fsp3) is 0.533. The number of carbonyl (C=O) groups is 1. The van der Waals surface area contributed by atoms with Gasteiger partial charge in [-0.3, -0.25) is 4.90 Å². The number of anilines is 1. The van der Waals surface area contributed by atoms with Crippen molar-refractivity contribution in [1.29, 1.82) is 0 Å². The second-order valence-electron chi connectivity index (χ2n) is 5.27. The Bertz CT molecular complexity index is 395. The van der Waals surface area contributed by atoms with Gasteiger partial charge in [-0.1, -0.05) is 18.2 Å². The van der Waals surface area contributed by atoms with E-state index in [1.54, 1.807) is 0 Å². The van der Waals surface area contributed by atoms with E-state index in [-0.39, 0.29) is 5.92 Å². The van der Waals surface area contributed by atoms with Crippen LogP contribution in [0.4, 0.5) is 5.69 Å². The molecule has 0 radical (unpaired) electrons. The average molecular weight is 246 g/mol. The van der Waals surface area contributed by atoms with E-state index < -0.39 is 0 Å². The molecule has 1 aliphatic heterocycles. The maximum Gasteiger partial charge on any atom is 0.123 e. The lowest BCUT2D eigenvalue weighted by atomic mass is 9.98. The van der Waals surface area contributed by atoms with Crippen LogP contribution < -0.4 is 4.90 Å². The molecule has 1 aromatic carbocycles. The summed E-state index contributed by atoms with van der Waals surface area (Å²) in [4.78, 5) is 15.4. The van der Waals surface area contributed by atoms with Gasteiger partial charge in [-0.15, -0.1) is 0 Å². The molecule has 1 fully saturated rings. The predicted octanol–water partition coefficient (Wildman–Crippen LogP) is 2.16. The van der Waals surface area contributed by atoms with Crippen LogP contribution in [-0.2, 0) is 11.3 Å². The lowest BCUT2D eigenvalue weighted by Crippen LogP contribution is -2.34. The van der Waals surface area contributed by atoms with Crippen molar-refractivity contribution in [3.8, 4) is 0 Å². The molecule has 0 unspecified atom stereocenters. The van der Waals surface area contributed by atoms with Gasteiger partial charge in [-0.25, -0.2) is 0 Å². The number of para-hydroxylation sites is 1. The van der Waals surface area contributed by atoms with Crippen molar-refractivity contribution < 1.29 is 4.79 Å². The van der Waals surface area contributed by atoms with Gasteiger partial charge in [0.2, 0.25) is 0 Å². The summed E-state index contributed by atoms with van der Waals surface area (Å²) in [5, 5.41) is 0. The SMILES string of the molecule is CN(C)c1ccccc1CN1CCC(C=O)CC1. The normalized spacial score (nSPS) is 17.7. The molecule has 0 amide bonds. The van der Waals surface area contributed by atoms with Gasteiger partial charge in [0.25, 0.3) is 0 Å². The summed E-state index contributed by atoms with van der Waals surface area (Å²) in [5.41, 5.74) is 2.65. The van der Waals surface area contributed by atoms with Crippen LogP contribution in [0.5, 0.6) is 0 Å². The molecule has 1 saturated heterocycles. The van der Waals surface area contributed by atoms with E-state index in [0.29, 0.717) is 0 Å². The molecule has 0 spiro atoms. The lowest BCUT2D eigenvalue weighted by molar-refractivity contribution is -0.112. The molecule has 18 heavy (non-hydrogen) atoms. The van der Waals surface area contributed by atoms with Crippen LogP contribution in [0.2, 0.25) is 0 Å². The van der Waals surface area contributed by atoms with Crippen molar-refractivity contribution in [2.75, 3.05) is 32.1 Å². The highest BCUT2D eigenvalue weighted by Crippen LogP contribution is 2.22. The second-order valence-corrected chi connectivity index (χ2v) is 5.27. The number of nitrogens with zero attached hydrogens (tertiary/aromatic N) is 2. The Morgan fingerprint density at radius 3 is 2.56 bits per heavy atom. The molecule has 0 bridgehead atoms. The van der Waals surface area contributed by atoms with Gasteiger partial charge in [-0.05, 0) is 37.6 Å². The van der Waals surface area contributed by atoms with Crippen molar-refractivity contribution in [1.82, 2.24) is 4.90 Å². The van der Waals surface area contributed by atoms with Gasteiger partial charge < -0.3 is 9.69 Å². The highest BCUT2D eigenvalue weighted by molar-refractivity contribution is 5.54. The Labute approximate surface area is 109 Å². The third-order valence-electron chi connectivity index (χ3n) is 3.69. The highest BCUT2D eigenvalue weighted by Gasteiger charge is 2.19. The summed E-state index contributed by atoms with van der Waals surface area (Å²) in [7, 11) is 4.16. The maximum atomic E-state index is 10.7. The number of piperidine rings is 1. The van der Waals surface area contributed by atoms with E-state index in [1.165, 1.54) is 11.3 Å². The summed E-state index contributed by atoms with van der Waals surface area (Å²) in [6, 6.07) is 8.53. The Kier molecular flexibility index (Phi) is 4.37. The molecule has 0 N–H and O–H groups in total. The second kappa shape index (κ2) is 6.01. The van der Waals surface area contributed by atoms with Gasteiger partial charge >= 0.3 is 0 Å². The molecule has 1 aliphatic rings. The number of hydrogen-bond acceptors (Lipinski definition) is 3. The molecule has 3 nitrogen and oxygen atoms in total. The van der Waals surface area contributed by atoms with Gasteiger partial charge in [-0.2, -0.15) is 0 Å². The van der Waals surface area contributed by atoms with Crippen molar-refractivity contribution in [3.05, 3.63) is 29.8 Å². The summed E-state index contributed by atoms with van der Waals surface area (Å²) < 4.78 is 0. The molecule has 98 valence electrons. The Morgan fingerprint density at radius 1 is 1.28 bits per heavy atom. The minimum Gasteiger partial charge on any atom is -0.377 e. The summed E-state index contributed by atoms with van der Waals surface area (Å²) in [6.07, 6.45) is 3.13. The van der Waals surface area contributed by atoms with Crippen LogP contribution in [0.25, 0.3) is 0 Å². The molecule has 1 heterocycles. The number of rotatable bonds is 4.